The van der Waals surface area contributed by atoms with Crippen molar-refractivity contribution in [2.45, 2.75) is 45.6 Å². The standard InChI is InChI=1S/C18H30N2/c1-4-20(14-16-8-6-9-16)12-11-18(19-3)17-10-5-7-15(2)13-17/h5,7,10,13,16,18-19H,4,6,8-9,11-12,14H2,1-3H3. The highest BCUT2D eigenvalue weighted by Crippen LogP contribution is 2.27. The van der Waals surface area contributed by atoms with Gasteiger partial charge < -0.3 is 10.2 Å². The molecule has 2 nitrogen and oxygen atoms in total. The first-order chi connectivity index (χ1) is 9.72. The summed E-state index contributed by atoms with van der Waals surface area (Å²) in [6.45, 7) is 8.15. The number of rotatable bonds is 8. The number of nitrogens with zero attached hydrogens (tertiary/aromatic N) is 1. The monoisotopic (exact) mass is 274 g/mol. The second-order valence-corrected chi connectivity index (χ2v) is 6.23. The molecule has 1 N–H and O–H groups in total. The molecule has 0 heterocycles. The van der Waals surface area contributed by atoms with Gasteiger partial charge in [0.25, 0.3) is 0 Å². The summed E-state index contributed by atoms with van der Waals surface area (Å²) in [6, 6.07) is 9.37. The Morgan fingerprint density at radius 1 is 1.35 bits per heavy atom. The zero-order chi connectivity index (χ0) is 14.4. The molecule has 20 heavy (non-hydrogen) atoms. The van der Waals surface area contributed by atoms with Gasteiger partial charge in [0.2, 0.25) is 0 Å². The minimum absolute atomic E-state index is 0.477. The van der Waals surface area contributed by atoms with Gasteiger partial charge in [-0.15, -0.1) is 0 Å². The highest BCUT2D eigenvalue weighted by molar-refractivity contribution is 5.25. The average molecular weight is 274 g/mol. The van der Waals surface area contributed by atoms with Gasteiger partial charge in [0.05, 0.1) is 0 Å². The molecule has 1 aliphatic rings. The molecule has 1 aromatic rings. The molecule has 0 spiro atoms. The van der Waals surface area contributed by atoms with E-state index in [4.69, 9.17) is 0 Å². The Morgan fingerprint density at radius 3 is 2.70 bits per heavy atom. The van der Waals surface area contributed by atoms with Crippen LogP contribution in [0.15, 0.2) is 24.3 Å². The largest absolute Gasteiger partial charge is 0.313 e. The van der Waals surface area contributed by atoms with Crippen LogP contribution in [-0.4, -0.2) is 31.6 Å². The SMILES string of the molecule is CCN(CCC(NC)c1cccc(C)c1)CC1CCC1. The molecule has 1 aromatic carbocycles. The van der Waals surface area contributed by atoms with Gasteiger partial charge in [-0.3, -0.25) is 0 Å². The lowest BCUT2D eigenvalue weighted by molar-refractivity contribution is 0.178. The van der Waals surface area contributed by atoms with E-state index in [0.717, 1.165) is 5.92 Å². The molecule has 0 bridgehead atoms. The Kier molecular flexibility index (Phi) is 6.06. The van der Waals surface area contributed by atoms with Crippen molar-refractivity contribution in [3.8, 4) is 0 Å². The lowest BCUT2D eigenvalue weighted by Crippen LogP contribution is -2.34. The van der Waals surface area contributed by atoms with E-state index in [1.807, 2.05) is 0 Å². The summed E-state index contributed by atoms with van der Waals surface area (Å²) in [5.74, 6) is 0.974. The predicted molar refractivity (Wildman–Crippen MR) is 87.1 cm³/mol. The lowest BCUT2D eigenvalue weighted by Gasteiger charge is -2.32. The van der Waals surface area contributed by atoms with Crippen molar-refractivity contribution in [3.05, 3.63) is 35.4 Å². The van der Waals surface area contributed by atoms with Gasteiger partial charge in [-0.2, -0.15) is 0 Å². The summed E-state index contributed by atoms with van der Waals surface area (Å²) in [4.78, 5) is 2.63. The molecule has 2 heteroatoms. The van der Waals surface area contributed by atoms with Gasteiger partial charge in [0, 0.05) is 12.6 Å². The van der Waals surface area contributed by atoms with Crippen molar-refractivity contribution in [3.63, 3.8) is 0 Å². The minimum Gasteiger partial charge on any atom is -0.313 e. The Labute approximate surface area is 124 Å². The van der Waals surface area contributed by atoms with E-state index in [1.165, 1.54) is 56.4 Å². The Bertz CT molecular complexity index is 398. The molecule has 0 saturated heterocycles. The fourth-order valence-electron chi connectivity index (χ4n) is 3.10. The van der Waals surface area contributed by atoms with E-state index in [1.54, 1.807) is 0 Å². The first kappa shape index (κ1) is 15.5. The summed E-state index contributed by atoms with van der Waals surface area (Å²) >= 11 is 0. The quantitative estimate of drug-likeness (QED) is 0.776. The summed E-state index contributed by atoms with van der Waals surface area (Å²) in [5, 5.41) is 3.48. The van der Waals surface area contributed by atoms with Crippen LogP contribution < -0.4 is 5.32 Å². The average Bonchev–Trinajstić information content (AvgIpc) is 2.41. The van der Waals surface area contributed by atoms with E-state index in [0.29, 0.717) is 6.04 Å². The molecule has 0 aliphatic heterocycles. The van der Waals surface area contributed by atoms with Crippen molar-refractivity contribution in [2.75, 3.05) is 26.7 Å². The summed E-state index contributed by atoms with van der Waals surface area (Å²) in [5.41, 5.74) is 2.77. The van der Waals surface area contributed by atoms with Crippen molar-refractivity contribution in [1.82, 2.24) is 10.2 Å². The minimum atomic E-state index is 0.477. The van der Waals surface area contributed by atoms with Crippen LogP contribution in [0.3, 0.4) is 0 Å². The third kappa shape index (κ3) is 4.32. The third-order valence-corrected chi connectivity index (χ3v) is 4.72. The second kappa shape index (κ2) is 7.80. The van der Waals surface area contributed by atoms with Gasteiger partial charge in [-0.1, -0.05) is 43.2 Å². The molecule has 0 amide bonds. The van der Waals surface area contributed by atoms with E-state index >= 15 is 0 Å². The first-order valence-corrected chi connectivity index (χ1v) is 8.19. The van der Waals surface area contributed by atoms with Crippen LogP contribution in [0.2, 0.25) is 0 Å². The fourth-order valence-corrected chi connectivity index (χ4v) is 3.10. The highest BCUT2D eigenvalue weighted by Gasteiger charge is 2.20. The number of nitrogens with one attached hydrogen (secondary N) is 1. The molecule has 0 radical (unpaired) electrons. The van der Waals surface area contributed by atoms with Gasteiger partial charge in [0.1, 0.15) is 0 Å². The molecule has 1 unspecified atom stereocenters. The molecular formula is C18H30N2. The number of benzene rings is 1. The second-order valence-electron chi connectivity index (χ2n) is 6.23. The van der Waals surface area contributed by atoms with Crippen LogP contribution in [0.25, 0.3) is 0 Å². The topological polar surface area (TPSA) is 15.3 Å². The summed E-state index contributed by atoms with van der Waals surface area (Å²) in [7, 11) is 2.08. The predicted octanol–water partition coefficient (Wildman–Crippen LogP) is 3.77. The lowest BCUT2D eigenvalue weighted by atomic mass is 9.85. The maximum Gasteiger partial charge on any atom is 0.0329 e. The van der Waals surface area contributed by atoms with Crippen molar-refractivity contribution in [2.24, 2.45) is 5.92 Å². The van der Waals surface area contributed by atoms with Gasteiger partial charge in [-0.05, 0) is 57.8 Å². The van der Waals surface area contributed by atoms with Gasteiger partial charge >= 0.3 is 0 Å². The van der Waals surface area contributed by atoms with Gasteiger partial charge in [0.15, 0.2) is 0 Å². The Morgan fingerprint density at radius 2 is 2.15 bits per heavy atom. The number of hydrogen-bond acceptors (Lipinski definition) is 2. The molecular weight excluding hydrogens is 244 g/mol. The molecule has 2 rings (SSSR count). The van der Waals surface area contributed by atoms with Crippen LogP contribution in [0, 0.1) is 12.8 Å². The fraction of sp³-hybridized carbons (Fsp3) is 0.667. The normalized spacial score (nSPS) is 17.2. The Balaban J connectivity index is 1.85. The zero-order valence-corrected chi connectivity index (χ0v) is 13.4. The summed E-state index contributed by atoms with van der Waals surface area (Å²) < 4.78 is 0. The first-order valence-electron chi connectivity index (χ1n) is 8.19. The Hall–Kier alpha value is -0.860. The number of hydrogen-bond donors (Lipinski definition) is 1. The van der Waals surface area contributed by atoms with Gasteiger partial charge in [-0.25, -0.2) is 0 Å². The molecule has 1 aliphatic carbocycles. The van der Waals surface area contributed by atoms with E-state index < -0.39 is 0 Å². The smallest absolute Gasteiger partial charge is 0.0329 e. The molecule has 1 atom stereocenters. The molecule has 1 fully saturated rings. The molecule has 112 valence electrons. The maximum absolute atomic E-state index is 3.48. The van der Waals surface area contributed by atoms with Crippen molar-refractivity contribution >= 4 is 0 Å². The van der Waals surface area contributed by atoms with Crippen LogP contribution >= 0.6 is 0 Å². The zero-order valence-electron chi connectivity index (χ0n) is 13.4. The van der Waals surface area contributed by atoms with Crippen molar-refractivity contribution < 1.29 is 0 Å². The summed E-state index contributed by atoms with van der Waals surface area (Å²) in [6.07, 6.45) is 5.54. The maximum atomic E-state index is 3.48. The van der Waals surface area contributed by atoms with Crippen LogP contribution in [0.1, 0.15) is 49.8 Å². The highest BCUT2D eigenvalue weighted by atomic mass is 15.1. The van der Waals surface area contributed by atoms with E-state index in [9.17, 15) is 0 Å². The molecule has 0 aromatic heterocycles. The van der Waals surface area contributed by atoms with E-state index in [2.05, 4.69) is 55.4 Å². The molecule has 1 saturated carbocycles. The van der Waals surface area contributed by atoms with Crippen LogP contribution in [0.4, 0.5) is 0 Å². The third-order valence-electron chi connectivity index (χ3n) is 4.72. The van der Waals surface area contributed by atoms with Crippen molar-refractivity contribution in [1.29, 1.82) is 0 Å². The number of aryl methyl sites for hydroxylation is 1. The van der Waals surface area contributed by atoms with Crippen LogP contribution in [0.5, 0.6) is 0 Å². The van der Waals surface area contributed by atoms with E-state index in [-0.39, 0.29) is 0 Å². The van der Waals surface area contributed by atoms with Crippen LogP contribution in [-0.2, 0) is 0 Å².